The standard InChI is InChI=1S/C10H9NO9S3/c11-20-23(18,19)7-1-2-9-6(3-7)4-8(21(12,13)14)5-10(9)22(15,16)17/h1-5H,11H2,(H,12,13,14)(H,15,16,17). The minimum atomic E-state index is -4.85. The number of nitrogens with two attached hydrogens (primary N) is 1. The Morgan fingerprint density at radius 3 is 1.87 bits per heavy atom. The zero-order valence-corrected chi connectivity index (χ0v) is 13.4. The summed E-state index contributed by atoms with van der Waals surface area (Å²) in [4.78, 5) is -2.15. The number of hydrogen-bond donors (Lipinski definition) is 3. The Balaban J connectivity index is 2.98. The molecule has 0 atom stereocenters. The Labute approximate surface area is 131 Å². The van der Waals surface area contributed by atoms with E-state index in [1.807, 2.05) is 0 Å². The van der Waals surface area contributed by atoms with E-state index in [0.29, 0.717) is 6.07 Å². The van der Waals surface area contributed by atoms with Crippen molar-refractivity contribution in [2.45, 2.75) is 14.7 Å². The van der Waals surface area contributed by atoms with Crippen molar-refractivity contribution in [2.24, 2.45) is 5.90 Å². The normalized spacial score (nSPS) is 13.3. The SMILES string of the molecule is NOS(=O)(=O)c1ccc2c(S(=O)(=O)O)cc(S(=O)(=O)O)cc2c1. The van der Waals surface area contributed by atoms with Gasteiger partial charge in [-0.3, -0.25) is 9.11 Å². The minimum Gasteiger partial charge on any atom is -0.282 e. The lowest BCUT2D eigenvalue weighted by Gasteiger charge is -2.08. The first-order valence-electron chi connectivity index (χ1n) is 5.52. The fraction of sp³-hybridized carbons (Fsp3) is 0. The summed E-state index contributed by atoms with van der Waals surface area (Å²) in [5, 5.41) is -0.373. The van der Waals surface area contributed by atoms with Crippen LogP contribution in [0.4, 0.5) is 0 Å². The molecule has 23 heavy (non-hydrogen) atoms. The molecule has 0 saturated carbocycles. The highest BCUT2D eigenvalue weighted by molar-refractivity contribution is 7.87. The van der Waals surface area contributed by atoms with Crippen molar-refractivity contribution in [1.29, 1.82) is 0 Å². The number of benzene rings is 2. The van der Waals surface area contributed by atoms with Crippen molar-refractivity contribution in [3.8, 4) is 0 Å². The molecule has 0 spiro atoms. The molecule has 2 rings (SSSR count). The second-order valence-corrected chi connectivity index (χ2v) is 8.69. The minimum absolute atomic E-state index is 0.170. The summed E-state index contributed by atoms with van der Waals surface area (Å²) in [6, 6.07) is 4.21. The lowest BCUT2D eigenvalue weighted by molar-refractivity contribution is 0.333. The maximum absolute atomic E-state index is 11.5. The van der Waals surface area contributed by atoms with Crippen molar-refractivity contribution in [3.63, 3.8) is 0 Å². The van der Waals surface area contributed by atoms with Gasteiger partial charge in [0.15, 0.2) is 0 Å². The summed E-state index contributed by atoms with van der Waals surface area (Å²) in [6.07, 6.45) is 0. The largest absolute Gasteiger partial charge is 0.312 e. The summed E-state index contributed by atoms with van der Waals surface area (Å²) in [5.41, 5.74) is 0. The van der Waals surface area contributed by atoms with Gasteiger partial charge in [-0.2, -0.15) is 35.4 Å². The highest BCUT2D eigenvalue weighted by Gasteiger charge is 2.22. The van der Waals surface area contributed by atoms with Gasteiger partial charge < -0.3 is 0 Å². The van der Waals surface area contributed by atoms with Gasteiger partial charge in [0.05, 0.1) is 9.79 Å². The van der Waals surface area contributed by atoms with Crippen LogP contribution < -0.4 is 5.90 Å². The molecule has 126 valence electrons. The van der Waals surface area contributed by atoms with Crippen LogP contribution >= 0.6 is 0 Å². The van der Waals surface area contributed by atoms with Crippen molar-refractivity contribution in [1.82, 2.24) is 0 Å². The van der Waals surface area contributed by atoms with Crippen LogP contribution in [0.3, 0.4) is 0 Å². The molecule has 0 heterocycles. The Morgan fingerprint density at radius 1 is 0.826 bits per heavy atom. The fourth-order valence-electron chi connectivity index (χ4n) is 1.86. The molecule has 10 nitrogen and oxygen atoms in total. The van der Waals surface area contributed by atoms with Crippen LogP contribution in [0.15, 0.2) is 45.0 Å². The zero-order chi connectivity index (χ0) is 17.6. The van der Waals surface area contributed by atoms with Gasteiger partial charge in [-0.15, -0.1) is 0 Å². The van der Waals surface area contributed by atoms with Gasteiger partial charge in [0.2, 0.25) is 0 Å². The monoisotopic (exact) mass is 383 g/mol. The van der Waals surface area contributed by atoms with Gasteiger partial charge in [-0.1, -0.05) is 6.07 Å². The predicted octanol–water partition coefficient (Wildman–Crippen LogP) is -0.0878. The Kier molecular flexibility index (Phi) is 4.23. The number of hydrogen-bond acceptors (Lipinski definition) is 8. The van der Waals surface area contributed by atoms with Crippen LogP contribution in [0.2, 0.25) is 0 Å². The average molecular weight is 383 g/mol. The second kappa shape index (κ2) is 5.48. The third-order valence-electron chi connectivity index (χ3n) is 2.85. The summed E-state index contributed by atoms with van der Waals surface area (Å²) < 4.78 is 90.3. The van der Waals surface area contributed by atoms with E-state index in [2.05, 4.69) is 10.2 Å². The molecule has 0 fully saturated rings. The summed E-state index contributed by atoms with van der Waals surface area (Å²) in [7, 11) is -14.0. The lowest BCUT2D eigenvalue weighted by atomic mass is 10.1. The molecule has 0 radical (unpaired) electrons. The Hall–Kier alpha value is -1.61. The van der Waals surface area contributed by atoms with E-state index >= 15 is 0 Å². The number of fused-ring (bicyclic) bond motifs is 1. The first kappa shape index (κ1) is 17.7. The van der Waals surface area contributed by atoms with Gasteiger partial charge in [0.25, 0.3) is 20.2 Å². The fourth-order valence-corrected chi connectivity index (χ4v) is 3.83. The van der Waals surface area contributed by atoms with Gasteiger partial charge in [0, 0.05) is 5.39 Å². The molecule has 0 saturated heterocycles. The zero-order valence-electron chi connectivity index (χ0n) is 10.9. The summed E-state index contributed by atoms with van der Waals surface area (Å²) in [5.74, 6) is 4.62. The third kappa shape index (κ3) is 3.50. The van der Waals surface area contributed by atoms with Gasteiger partial charge in [-0.25, -0.2) is 0 Å². The summed E-state index contributed by atoms with van der Waals surface area (Å²) in [6.45, 7) is 0. The average Bonchev–Trinajstić information content (AvgIpc) is 2.43. The van der Waals surface area contributed by atoms with Crippen molar-refractivity contribution in [2.75, 3.05) is 0 Å². The first-order valence-corrected chi connectivity index (χ1v) is 9.81. The highest BCUT2D eigenvalue weighted by atomic mass is 32.2. The smallest absolute Gasteiger partial charge is 0.282 e. The van der Waals surface area contributed by atoms with E-state index in [-0.39, 0.29) is 10.8 Å². The van der Waals surface area contributed by atoms with E-state index in [0.717, 1.165) is 24.3 Å². The van der Waals surface area contributed by atoms with Crippen LogP contribution in [0.1, 0.15) is 0 Å². The van der Waals surface area contributed by atoms with E-state index in [9.17, 15) is 29.8 Å². The molecular formula is C10H9NO9S3. The van der Waals surface area contributed by atoms with Crippen LogP contribution in [0.25, 0.3) is 10.8 Å². The molecule has 0 aromatic heterocycles. The molecule has 4 N–H and O–H groups in total. The highest BCUT2D eigenvalue weighted by Crippen LogP contribution is 2.29. The topological polar surface area (TPSA) is 178 Å². The molecule has 0 aliphatic carbocycles. The third-order valence-corrected chi connectivity index (χ3v) is 5.66. The van der Waals surface area contributed by atoms with Gasteiger partial charge >= 0.3 is 10.1 Å². The quantitative estimate of drug-likeness (QED) is 0.477. The molecule has 2 aromatic rings. The molecule has 0 amide bonds. The number of rotatable bonds is 4. The van der Waals surface area contributed by atoms with Crippen molar-refractivity contribution < 1.29 is 38.6 Å². The van der Waals surface area contributed by atoms with Crippen LogP contribution in [-0.4, -0.2) is 34.4 Å². The van der Waals surface area contributed by atoms with Crippen LogP contribution in [-0.2, 0) is 34.6 Å². The first-order chi connectivity index (χ1) is 10.4. The van der Waals surface area contributed by atoms with Crippen molar-refractivity contribution >= 4 is 41.1 Å². The van der Waals surface area contributed by atoms with E-state index in [1.54, 1.807) is 0 Å². The van der Waals surface area contributed by atoms with Crippen LogP contribution in [0.5, 0.6) is 0 Å². The predicted molar refractivity (Wildman–Crippen MR) is 76.0 cm³/mol. The molecule has 2 aromatic carbocycles. The molecule has 13 heteroatoms. The molecule has 0 bridgehead atoms. The van der Waals surface area contributed by atoms with Gasteiger partial charge in [0.1, 0.15) is 4.90 Å². The van der Waals surface area contributed by atoms with E-state index in [1.165, 1.54) is 0 Å². The molecule has 0 aliphatic heterocycles. The Morgan fingerprint density at radius 2 is 1.39 bits per heavy atom. The van der Waals surface area contributed by atoms with E-state index in [4.69, 9.17) is 4.55 Å². The van der Waals surface area contributed by atoms with Crippen LogP contribution in [0, 0.1) is 0 Å². The van der Waals surface area contributed by atoms with Gasteiger partial charge in [-0.05, 0) is 29.7 Å². The Bertz CT molecular complexity index is 1100. The second-order valence-electron chi connectivity index (χ2n) is 4.30. The molecule has 0 unspecified atom stereocenters. The molecular weight excluding hydrogens is 374 g/mol. The molecule has 0 aliphatic rings. The van der Waals surface area contributed by atoms with Crippen molar-refractivity contribution in [3.05, 3.63) is 30.3 Å². The lowest BCUT2D eigenvalue weighted by Crippen LogP contribution is -2.11. The maximum atomic E-state index is 11.5. The van der Waals surface area contributed by atoms with E-state index < -0.39 is 45.0 Å². The maximum Gasteiger partial charge on any atom is 0.312 e. The summed E-state index contributed by atoms with van der Waals surface area (Å²) >= 11 is 0.